The highest BCUT2D eigenvalue weighted by atomic mass is 16.5. The van der Waals surface area contributed by atoms with Crippen LogP contribution in [0.25, 0.3) is 0 Å². The first-order valence-electron chi connectivity index (χ1n) is 2.68. The van der Waals surface area contributed by atoms with Gasteiger partial charge in [0.1, 0.15) is 0 Å². The summed E-state index contributed by atoms with van der Waals surface area (Å²) in [5.74, 6) is -0.935. The van der Waals surface area contributed by atoms with Crippen molar-refractivity contribution < 1.29 is 9.53 Å². The van der Waals surface area contributed by atoms with E-state index in [1.807, 2.05) is 0 Å². The van der Waals surface area contributed by atoms with Crippen LogP contribution >= 0.6 is 0 Å². The van der Waals surface area contributed by atoms with Crippen molar-refractivity contribution in [3.8, 4) is 6.07 Å². The fourth-order valence-corrected chi connectivity index (χ4v) is 0.102. The number of carbonyl (C=O) groups excluding carboxylic acids is 1. The van der Waals surface area contributed by atoms with Crippen LogP contribution in [0.4, 0.5) is 0 Å². The molecule has 0 spiro atoms. The van der Waals surface area contributed by atoms with Crippen molar-refractivity contribution in [1.82, 2.24) is 0 Å². The van der Waals surface area contributed by atoms with E-state index < -0.39 is 5.97 Å². The van der Waals surface area contributed by atoms with Crippen LogP contribution in [0.1, 0.15) is 0 Å². The second-order valence-corrected chi connectivity index (χ2v) is 1.16. The quantitative estimate of drug-likeness (QED) is 0.260. The molecule has 3 nitrogen and oxygen atoms in total. The minimum atomic E-state index is -0.935. The summed E-state index contributed by atoms with van der Waals surface area (Å²) in [5, 5.41) is 7.69. The van der Waals surface area contributed by atoms with Crippen LogP contribution in [-0.2, 0) is 9.53 Å². The number of allylic oxidation sites excluding steroid dienone is 2. The third-order valence-electron chi connectivity index (χ3n) is 0.448. The minimum Gasteiger partial charge on any atom is -0.424 e. The van der Waals surface area contributed by atoms with Crippen LogP contribution in [0.3, 0.4) is 0 Å². The Labute approximate surface area is 65.9 Å². The van der Waals surface area contributed by atoms with Gasteiger partial charge in [0.25, 0.3) is 0 Å². The lowest BCUT2D eigenvalue weighted by atomic mass is 10.6. The molecule has 0 saturated carbocycles. The van der Waals surface area contributed by atoms with Gasteiger partial charge in [0.2, 0.25) is 0 Å². The summed E-state index contributed by atoms with van der Waals surface area (Å²) in [5.41, 5.74) is 0. The molecule has 0 rings (SSSR count). The highest BCUT2D eigenvalue weighted by Gasteiger charge is 1.90. The van der Waals surface area contributed by atoms with Crippen molar-refractivity contribution in [2.24, 2.45) is 0 Å². The minimum absolute atomic E-state index is 0.908. The standard InChI is InChI=1S/C4H3NO2.C4H6/c1-2-7-4(6)3-5;1-3-4-2/h2H,1H2;3-4H,1-2H2. The van der Waals surface area contributed by atoms with Crippen LogP contribution in [0.5, 0.6) is 0 Å². The molecule has 11 heavy (non-hydrogen) atoms. The molecule has 0 aliphatic heterocycles. The molecule has 0 aromatic heterocycles. The van der Waals surface area contributed by atoms with E-state index in [2.05, 4.69) is 24.5 Å². The number of nitriles is 1. The smallest absolute Gasteiger partial charge is 0.415 e. The predicted octanol–water partition coefficient (Wildman–Crippen LogP) is 1.56. The van der Waals surface area contributed by atoms with Crippen LogP contribution in [-0.4, -0.2) is 5.97 Å². The molecular weight excluding hydrogens is 142 g/mol. The average molecular weight is 151 g/mol. The molecule has 0 atom stereocenters. The molecule has 0 fully saturated rings. The molecule has 0 unspecified atom stereocenters. The van der Waals surface area contributed by atoms with Gasteiger partial charge in [-0.25, -0.2) is 4.79 Å². The Morgan fingerprint density at radius 2 is 1.82 bits per heavy atom. The van der Waals surface area contributed by atoms with Gasteiger partial charge in [0, 0.05) is 0 Å². The molecule has 0 saturated heterocycles. The summed E-state index contributed by atoms with van der Waals surface area (Å²) < 4.78 is 3.95. The first kappa shape index (κ1) is 11.9. The van der Waals surface area contributed by atoms with E-state index in [4.69, 9.17) is 5.26 Å². The zero-order valence-corrected chi connectivity index (χ0v) is 6.12. The number of hydrogen-bond donors (Lipinski definition) is 0. The Kier molecular flexibility index (Phi) is 12.0. The average Bonchev–Trinajstić information content (AvgIpc) is 2.05. The zero-order valence-electron chi connectivity index (χ0n) is 6.12. The highest BCUT2D eigenvalue weighted by molar-refractivity contribution is 5.86. The lowest BCUT2D eigenvalue weighted by molar-refractivity contribution is -0.131. The van der Waals surface area contributed by atoms with E-state index in [1.54, 1.807) is 12.2 Å². The summed E-state index contributed by atoms with van der Waals surface area (Å²) >= 11 is 0. The van der Waals surface area contributed by atoms with Crippen molar-refractivity contribution in [2.45, 2.75) is 0 Å². The normalized spacial score (nSPS) is 5.73. The summed E-state index contributed by atoms with van der Waals surface area (Å²) in [4.78, 5) is 9.76. The molecular formula is C8H9NO2. The molecule has 0 aliphatic carbocycles. The fourth-order valence-electron chi connectivity index (χ4n) is 0.102. The van der Waals surface area contributed by atoms with Gasteiger partial charge < -0.3 is 4.74 Å². The van der Waals surface area contributed by atoms with Gasteiger partial charge in [-0.15, -0.1) is 0 Å². The second kappa shape index (κ2) is 11.0. The molecule has 0 aromatic carbocycles. The van der Waals surface area contributed by atoms with Gasteiger partial charge in [-0.05, 0) is 0 Å². The Hall–Kier alpha value is -1.82. The molecule has 0 N–H and O–H groups in total. The highest BCUT2D eigenvalue weighted by Crippen LogP contribution is 1.71. The summed E-state index contributed by atoms with van der Waals surface area (Å²) in [6.07, 6.45) is 4.19. The number of esters is 1. The monoisotopic (exact) mass is 151 g/mol. The first-order valence-corrected chi connectivity index (χ1v) is 2.68. The van der Waals surface area contributed by atoms with E-state index in [1.165, 1.54) is 6.07 Å². The third kappa shape index (κ3) is 17.9. The summed E-state index contributed by atoms with van der Waals surface area (Å²) in [6.45, 7) is 9.78. The SMILES string of the molecule is C=CC=C.C=COC(=O)C#N. The lowest BCUT2D eigenvalue weighted by Gasteiger charge is -1.80. The van der Waals surface area contributed by atoms with E-state index >= 15 is 0 Å². The Balaban J connectivity index is 0. The maximum Gasteiger partial charge on any atom is 0.415 e. The first-order chi connectivity index (χ1) is 5.22. The molecule has 0 aliphatic rings. The van der Waals surface area contributed by atoms with Gasteiger partial charge in [-0.2, -0.15) is 5.26 Å². The van der Waals surface area contributed by atoms with Gasteiger partial charge in [0.15, 0.2) is 6.07 Å². The number of nitrogens with zero attached hydrogens (tertiary/aromatic N) is 1. The number of ether oxygens (including phenoxy) is 1. The van der Waals surface area contributed by atoms with Crippen LogP contribution < -0.4 is 0 Å². The largest absolute Gasteiger partial charge is 0.424 e. The Morgan fingerprint density at radius 1 is 1.36 bits per heavy atom. The van der Waals surface area contributed by atoms with Crippen molar-refractivity contribution in [1.29, 1.82) is 5.26 Å². The number of carbonyl (C=O) groups is 1. The van der Waals surface area contributed by atoms with E-state index in [9.17, 15) is 4.79 Å². The third-order valence-corrected chi connectivity index (χ3v) is 0.448. The molecule has 58 valence electrons. The number of rotatable bonds is 2. The van der Waals surface area contributed by atoms with Gasteiger partial charge in [0.05, 0.1) is 6.26 Å². The fraction of sp³-hybridized carbons (Fsp3) is 0. The van der Waals surface area contributed by atoms with Crippen molar-refractivity contribution >= 4 is 5.97 Å². The topological polar surface area (TPSA) is 50.1 Å². The van der Waals surface area contributed by atoms with Gasteiger partial charge in [-0.3, -0.25) is 0 Å². The van der Waals surface area contributed by atoms with Crippen LogP contribution in [0, 0.1) is 11.3 Å². The van der Waals surface area contributed by atoms with Crippen molar-refractivity contribution in [2.75, 3.05) is 0 Å². The van der Waals surface area contributed by atoms with Crippen LogP contribution in [0.15, 0.2) is 38.2 Å². The van der Waals surface area contributed by atoms with Gasteiger partial charge >= 0.3 is 5.97 Å². The zero-order chi connectivity index (χ0) is 9.11. The summed E-state index contributed by atoms with van der Waals surface area (Å²) in [7, 11) is 0. The number of hydrogen-bond acceptors (Lipinski definition) is 3. The Bertz CT molecular complexity index is 183. The van der Waals surface area contributed by atoms with E-state index in [-0.39, 0.29) is 0 Å². The molecule has 0 radical (unpaired) electrons. The second-order valence-electron chi connectivity index (χ2n) is 1.16. The molecule has 0 aromatic rings. The molecule has 0 heterocycles. The summed E-state index contributed by atoms with van der Waals surface area (Å²) in [6, 6.07) is 1.23. The Morgan fingerprint density at radius 3 is 1.91 bits per heavy atom. The van der Waals surface area contributed by atoms with Crippen LogP contribution in [0.2, 0.25) is 0 Å². The van der Waals surface area contributed by atoms with E-state index in [0.717, 1.165) is 6.26 Å². The van der Waals surface area contributed by atoms with Crippen molar-refractivity contribution in [3.05, 3.63) is 38.2 Å². The van der Waals surface area contributed by atoms with Gasteiger partial charge in [-0.1, -0.05) is 31.9 Å². The molecule has 0 bridgehead atoms. The molecule has 3 heteroatoms. The molecule has 0 amide bonds. The lowest BCUT2D eigenvalue weighted by Crippen LogP contribution is -1.91. The van der Waals surface area contributed by atoms with Crippen molar-refractivity contribution in [3.63, 3.8) is 0 Å². The maximum absolute atomic E-state index is 9.76. The predicted molar refractivity (Wildman–Crippen MR) is 42.3 cm³/mol. The maximum atomic E-state index is 9.76. The van der Waals surface area contributed by atoms with E-state index in [0.29, 0.717) is 0 Å².